The largest absolute Gasteiger partial charge is 0.497 e. The van der Waals surface area contributed by atoms with Gasteiger partial charge in [0.05, 0.1) is 7.11 Å². The molecule has 0 radical (unpaired) electrons. The van der Waals surface area contributed by atoms with Gasteiger partial charge >= 0.3 is 0 Å². The van der Waals surface area contributed by atoms with Gasteiger partial charge in [0, 0.05) is 6.04 Å². The Hall–Kier alpha value is -1.02. The molecule has 0 aliphatic heterocycles. The van der Waals surface area contributed by atoms with Crippen LogP contribution in [0.15, 0.2) is 24.3 Å². The van der Waals surface area contributed by atoms with Crippen LogP contribution in [-0.4, -0.2) is 7.11 Å². The van der Waals surface area contributed by atoms with E-state index in [-0.39, 0.29) is 6.04 Å². The summed E-state index contributed by atoms with van der Waals surface area (Å²) in [6, 6.07) is 8.39. The smallest absolute Gasteiger partial charge is 0.119 e. The van der Waals surface area contributed by atoms with Crippen LogP contribution in [0.2, 0.25) is 0 Å². The minimum atomic E-state index is 0.162. The van der Waals surface area contributed by atoms with Gasteiger partial charge in [-0.2, -0.15) is 0 Å². The molecule has 1 saturated carbocycles. The molecule has 2 nitrogen and oxygen atoms in total. The molecule has 1 aromatic rings. The van der Waals surface area contributed by atoms with Crippen molar-refractivity contribution in [3.63, 3.8) is 0 Å². The number of hydrogen-bond donors (Lipinski definition) is 1. The Morgan fingerprint density at radius 1 is 1.39 bits per heavy atom. The molecular weight excluding hydrogens is 222 g/mol. The van der Waals surface area contributed by atoms with Crippen molar-refractivity contribution >= 4 is 0 Å². The molecule has 0 spiro atoms. The van der Waals surface area contributed by atoms with Crippen LogP contribution in [0.3, 0.4) is 0 Å². The molecule has 100 valence electrons. The predicted molar refractivity (Wildman–Crippen MR) is 75.7 cm³/mol. The fourth-order valence-electron chi connectivity index (χ4n) is 3.15. The number of nitrogens with two attached hydrogens (primary N) is 1. The highest BCUT2D eigenvalue weighted by Crippen LogP contribution is 2.37. The lowest BCUT2D eigenvalue weighted by Gasteiger charge is -2.32. The van der Waals surface area contributed by atoms with E-state index in [2.05, 4.69) is 19.1 Å². The topological polar surface area (TPSA) is 35.2 Å². The van der Waals surface area contributed by atoms with Crippen molar-refractivity contribution in [2.24, 2.45) is 17.6 Å². The van der Waals surface area contributed by atoms with E-state index in [1.54, 1.807) is 7.11 Å². The zero-order valence-electron chi connectivity index (χ0n) is 11.6. The van der Waals surface area contributed by atoms with Gasteiger partial charge in [-0.1, -0.05) is 38.3 Å². The van der Waals surface area contributed by atoms with E-state index in [1.165, 1.54) is 37.7 Å². The first-order chi connectivity index (χ1) is 8.74. The summed E-state index contributed by atoms with van der Waals surface area (Å²) in [5.74, 6) is 2.42. The third-order valence-electron chi connectivity index (χ3n) is 4.39. The molecule has 3 atom stereocenters. The second-order valence-corrected chi connectivity index (χ2v) is 5.50. The molecular formula is C16H25NO. The quantitative estimate of drug-likeness (QED) is 0.875. The van der Waals surface area contributed by atoms with Crippen LogP contribution in [-0.2, 0) is 0 Å². The monoisotopic (exact) mass is 247 g/mol. The molecule has 0 saturated heterocycles. The van der Waals surface area contributed by atoms with Gasteiger partial charge in [0.2, 0.25) is 0 Å². The predicted octanol–water partition coefficient (Wildman–Crippen LogP) is 3.91. The molecule has 1 aliphatic carbocycles. The van der Waals surface area contributed by atoms with Crippen LogP contribution in [0, 0.1) is 11.8 Å². The molecule has 1 fully saturated rings. The van der Waals surface area contributed by atoms with Crippen molar-refractivity contribution in [3.8, 4) is 5.75 Å². The fourth-order valence-corrected chi connectivity index (χ4v) is 3.15. The van der Waals surface area contributed by atoms with Crippen LogP contribution < -0.4 is 10.5 Å². The average Bonchev–Trinajstić information content (AvgIpc) is 2.46. The Morgan fingerprint density at radius 3 is 2.94 bits per heavy atom. The van der Waals surface area contributed by atoms with Crippen molar-refractivity contribution in [2.45, 2.75) is 45.1 Å². The second kappa shape index (κ2) is 6.24. The van der Waals surface area contributed by atoms with Crippen molar-refractivity contribution in [1.29, 1.82) is 0 Å². The third kappa shape index (κ3) is 3.05. The minimum absolute atomic E-state index is 0.162. The number of rotatable bonds is 4. The van der Waals surface area contributed by atoms with E-state index in [9.17, 15) is 0 Å². The summed E-state index contributed by atoms with van der Waals surface area (Å²) in [7, 11) is 1.71. The van der Waals surface area contributed by atoms with Gasteiger partial charge in [0.1, 0.15) is 5.75 Å². The lowest BCUT2D eigenvalue weighted by atomic mass is 9.75. The van der Waals surface area contributed by atoms with Crippen LogP contribution in [0.4, 0.5) is 0 Å². The van der Waals surface area contributed by atoms with Gasteiger partial charge < -0.3 is 10.5 Å². The summed E-state index contributed by atoms with van der Waals surface area (Å²) < 4.78 is 5.28. The highest BCUT2D eigenvalue weighted by molar-refractivity contribution is 5.30. The number of hydrogen-bond acceptors (Lipinski definition) is 2. The molecule has 3 unspecified atom stereocenters. The average molecular weight is 247 g/mol. The summed E-state index contributed by atoms with van der Waals surface area (Å²) in [5, 5.41) is 0. The maximum absolute atomic E-state index is 6.45. The van der Waals surface area contributed by atoms with E-state index < -0.39 is 0 Å². The molecule has 2 N–H and O–H groups in total. The Balaban J connectivity index is 2.07. The van der Waals surface area contributed by atoms with Gasteiger partial charge in [-0.25, -0.2) is 0 Å². The summed E-state index contributed by atoms with van der Waals surface area (Å²) in [6.07, 6.45) is 6.57. The van der Waals surface area contributed by atoms with E-state index >= 15 is 0 Å². The standard InChI is InChI=1S/C16H25NO/c1-3-12-6-4-7-13(10-12)16(17)14-8-5-9-15(11-14)18-2/h5,8-9,11-13,16H,3-4,6-7,10,17H2,1-2H3. The van der Waals surface area contributed by atoms with Crippen LogP contribution >= 0.6 is 0 Å². The maximum atomic E-state index is 6.45. The molecule has 1 aromatic carbocycles. The Kier molecular flexibility index (Phi) is 4.65. The normalized spacial score (nSPS) is 25.7. The molecule has 1 aliphatic rings. The van der Waals surface area contributed by atoms with Gasteiger partial charge in [-0.3, -0.25) is 0 Å². The summed E-state index contributed by atoms with van der Waals surface area (Å²) in [5.41, 5.74) is 7.67. The molecule has 2 rings (SSSR count). The molecule has 0 heterocycles. The Bertz CT molecular complexity index is 377. The van der Waals surface area contributed by atoms with Crippen LogP contribution in [0.1, 0.15) is 50.6 Å². The van der Waals surface area contributed by atoms with E-state index in [4.69, 9.17) is 10.5 Å². The zero-order chi connectivity index (χ0) is 13.0. The SMILES string of the molecule is CCC1CCCC(C(N)c2cccc(OC)c2)C1. The van der Waals surface area contributed by atoms with Crippen LogP contribution in [0.5, 0.6) is 5.75 Å². The van der Waals surface area contributed by atoms with Gasteiger partial charge in [-0.15, -0.1) is 0 Å². The number of ether oxygens (including phenoxy) is 1. The molecule has 18 heavy (non-hydrogen) atoms. The summed E-state index contributed by atoms with van der Waals surface area (Å²) in [6.45, 7) is 2.30. The molecule has 0 bridgehead atoms. The lowest BCUT2D eigenvalue weighted by molar-refractivity contribution is 0.230. The van der Waals surface area contributed by atoms with Gasteiger partial charge in [0.15, 0.2) is 0 Å². The first kappa shape index (κ1) is 13.4. The first-order valence-corrected chi connectivity index (χ1v) is 7.14. The van der Waals surface area contributed by atoms with E-state index in [0.29, 0.717) is 5.92 Å². The first-order valence-electron chi connectivity index (χ1n) is 7.14. The Morgan fingerprint density at radius 2 is 2.22 bits per heavy atom. The second-order valence-electron chi connectivity index (χ2n) is 5.50. The van der Waals surface area contributed by atoms with Gasteiger partial charge in [-0.05, 0) is 42.4 Å². The van der Waals surface area contributed by atoms with Crippen molar-refractivity contribution in [2.75, 3.05) is 7.11 Å². The lowest BCUT2D eigenvalue weighted by Crippen LogP contribution is -2.26. The molecule has 0 amide bonds. The minimum Gasteiger partial charge on any atom is -0.497 e. The third-order valence-corrected chi connectivity index (χ3v) is 4.39. The van der Waals surface area contributed by atoms with Crippen molar-refractivity contribution in [1.82, 2.24) is 0 Å². The van der Waals surface area contributed by atoms with E-state index in [0.717, 1.165) is 11.7 Å². The Labute approximate surface area is 111 Å². The van der Waals surface area contributed by atoms with Gasteiger partial charge in [0.25, 0.3) is 0 Å². The summed E-state index contributed by atoms with van der Waals surface area (Å²) in [4.78, 5) is 0. The number of benzene rings is 1. The van der Waals surface area contributed by atoms with Crippen molar-refractivity contribution in [3.05, 3.63) is 29.8 Å². The van der Waals surface area contributed by atoms with E-state index in [1.807, 2.05) is 12.1 Å². The maximum Gasteiger partial charge on any atom is 0.119 e. The highest BCUT2D eigenvalue weighted by Gasteiger charge is 2.26. The zero-order valence-corrected chi connectivity index (χ0v) is 11.6. The van der Waals surface area contributed by atoms with Crippen LogP contribution in [0.25, 0.3) is 0 Å². The highest BCUT2D eigenvalue weighted by atomic mass is 16.5. The molecule has 0 aromatic heterocycles. The summed E-state index contributed by atoms with van der Waals surface area (Å²) >= 11 is 0. The molecule has 2 heteroatoms. The fraction of sp³-hybridized carbons (Fsp3) is 0.625. The van der Waals surface area contributed by atoms with Crippen molar-refractivity contribution < 1.29 is 4.74 Å². The number of methoxy groups -OCH3 is 1.